The fourth-order valence-corrected chi connectivity index (χ4v) is 1.90. The molecule has 0 spiro atoms. The predicted octanol–water partition coefficient (Wildman–Crippen LogP) is 2.72. The summed E-state index contributed by atoms with van der Waals surface area (Å²) >= 11 is 1.74. The minimum atomic E-state index is -0.201. The van der Waals surface area contributed by atoms with E-state index in [1.807, 2.05) is 19.1 Å². The summed E-state index contributed by atoms with van der Waals surface area (Å²) in [6.45, 7) is 2.01. The van der Waals surface area contributed by atoms with Gasteiger partial charge in [-0.2, -0.15) is 0 Å². The molecular formula is C11H16OS. The maximum atomic E-state index is 9.52. The highest BCUT2D eigenvalue weighted by molar-refractivity contribution is 7.98. The van der Waals surface area contributed by atoms with Gasteiger partial charge in [-0.3, -0.25) is 0 Å². The summed E-state index contributed by atoms with van der Waals surface area (Å²) in [6, 6.07) is 8.25. The van der Waals surface area contributed by atoms with Crippen molar-refractivity contribution in [2.45, 2.75) is 30.8 Å². The van der Waals surface area contributed by atoms with Gasteiger partial charge in [-0.25, -0.2) is 0 Å². The Morgan fingerprint density at radius 3 is 2.69 bits per heavy atom. The number of hydrogen-bond donors (Lipinski definition) is 1. The van der Waals surface area contributed by atoms with Crippen LogP contribution in [0.15, 0.2) is 29.2 Å². The van der Waals surface area contributed by atoms with Crippen LogP contribution in [0.1, 0.15) is 18.9 Å². The Bertz CT molecular complexity index is 260. The van der Waals surface area contributed by atoms with Gasteiger partial charge in [0.1, 0.15) is 0 Å². The second kappa shape index (κ2) is 5.30. The molecule has 0 aliphatic rings. The third-order valence-electron chi connectivity index (χ3n) is 2.12. The van der Waals surface area contributed by atoms with Crippen molar-refractivity contribution in [3.63, 3.8) is 0 Å². The van der Waals surface area contributed by atoms with Crippen molar-refractivity contribution in [2.75, 3.05) is 6.26 Å². The van der Waals surface area contributed by atoms with Gasteiger partial charge in [0, 0.05) is 4.90 Å². The van der Waals surface area contributed by atoms with Crippen molar-refractivity contribution >= 4 is 11.8 Å². The minimum Gasteiger partial charge on any atom is -0.393 e. The molecule has 0 aliphatic carbocycles. The highest BCUT2D eigenvalue weighted by Crippen LogP contribution is 2.21. The third-order valence-corrected chi connectivity index (χ3v) is 2.96. The third kappa shape index (κ3) is 3.05. The topological polar surface area (TPSA) is 20.2 Å². The van der Waals surface area contributed by atoms with Gasteiger partial charge >= 0.3 is 0 Å². The molecule has 0 heterocycles. The lowest BCUT2D eigenvalue weighted by molar-refractivity contribution is 0.170. The summed E-state index contributed by atoms with van der Waals surface area (Å²) < 4.78 is 0. The molecule has 0 bridgehead atoms. The fraction of sp³-hybridized carbons (Fsp3) is 0.455. The van der Waals surface area contributed by atoms with Crippen molar-refractivity contribution in [1.29, 1.82) is 0 Å². The SMILES string of the molecule is CC[C@@H](O)Cc1ccccc1SC. The lowest BCUT2D eigenvalue weighted by atomic mass is 10.1. The highest BCUT2D eigenvalue weighted by Gasteiger charge is 2.05. The maximum Gasteiger partial charge on any atom is 0.0578 e. The van der Waals surface area contributed by atoms with Gasteiger partial charge in [0.15, 0.2) is 0 Å². The van der Waals surface area contributed by atoms with E-state index >= 15 is 0 Å². The lowest BCUT2D eigenvalue weighted by Crippen LogP contribution is -2.08. The minimum absolute atomic E-state index is 0.201. The number of thioether (sulfide) groups is 1. The van der Waals surface area contributed by atoms with Crippen molar-refractivity contribution in [3.05, 3.63) is 29.8 Å². The number of benzene rings is 1. The van der Waals surface area contributed by atoms with Crippen LogP contribution < -0.4 is 0 Å². The second-order valence-corrected chi connectivity index (χ2v) is 3.93. The molecule has 1 N–H and O–H groups in total. The van der Waals surface area contributed by atoms with Gasteiger partial charge < -0.3 is 5.11 Å². The molecule has 1 aromatic rings. The Morgan fingerprint density at radius 2 is 2.08 bits per heavy atom. The molecule has 0 saturated heterocycles. The standard InChI is InChI=1S/C11H16OS/c1-3-10(12)8-9-6-4-5-7-11(9)13-2/h4-7,10,12H,3,8H2,1-2H3/t10-/m1/s1. The maximum absolute atomic E-state index is 9.52. The molecule has 0 radical (unpaired) electrons. The normalized spacial score (nSPS) is 12.8. The van der Waals surface area contributed by atoms with Crippen molar-refractivity contribution in [3.8, 4) is 0 Å². The Kier molecular flexibility index (Phi) is 4.33. The molecule has 1 atom stereocenters. The second-order valence-electron chi connectivity index (χ2n) is 3.08. The quantitative estimate of drug-likeness (QED) is 0.747. The van der Waals surface area contributed by atoms with Crippen molar-refractivity contribution < 1.29 is 5.11 Å². The van der Waals surface area contributed by atoms with Crippen LogP contribution in [0.4, 0.5) is 0 Å². The summed E-state index contributed by atoms with van der Waals surface area (Å²) in [4.78, 5) is 1.27. The van der Waals surface area contributed by atoms with Crippen LogP contribution in [-0.4, -0.2) is 17.5 Å². The molecule has 0 unspecified atom stereocenters. The molecule has 13 heavy (non-hydrogen) atoms. The Morgan fingerprint density at radius 1 is 1.38 bits per heavy atom. The van der Waals surface area contributed by atoms with Gasteiger partial charge in [0.25, 0.3) is 0 Å². The first-order valence-corrected chi connectivity index (χ1v) is 5.80. The van der Waals surface area contributed by atoms with Crippen molar-refractivity contribution in [1.82, 2.24) is 0 Å². The largest absolute Gasteiger partial charge is 0.393 e. The molecular weight excluding hydrogens is 180 g/mol. The van der Waals surface area contributed by atoms with Crippen LogP contribution in [0, 0.1) is 0 Å². The van der Waals surface area contributed by atoms with Crippen LogP contribution in [0.2, 0.25) is 0 Å². The Balaban J connectivity index is 2.74. The zero-order chi connectivity index (χ0) is 9.68. The average Bonchev–Trinajstić information content (AvgIpc) is 2.18. The summed E-state index contributed by atoms with van der Waals surface area (Å²) in [5.74, 6) is 0. The van der Waals surface area contributed by atoms with E-state index in [9.17, 15) is 5.11 Å². The number of rotatable bonds is 4. The molecule has 1 aromatic carbocycles. The Labute approximate surface area is 84.2 Å². The first-order chi connectivity index (χ1) is 6.27. The summed E-state index contributed by atoms with van der Waals surface area (Å²) in [5, 5.41) is 9.52. The van der Waals surface area contributed by atoms with Crippen LogP contribution in [0.25, 0.3) is 0 Å². The molecule has 0 amide bonds. The van der Waals surface area contributed by atoms with Gasteiger partial charge in [0.05, 0.1) is 6.10 Å². The van der Waals surface area contributed by atoms with Crippen LogP contribution >= 0.6 is 11.8 Å². The molecule has 0 saturated carbocycles. The predicted molar refractivity (Wildman–Crippen MR) is 58.2 cm³/mol. The zero-order valence-corrected chi connectivity index (χ0v) is 8.97. The summed E-state index contributed by atoms with van der Waals surface area (Å²) in [7, 11) is 0. The number of aliphatic hydroxyl groups is 1. The molecule has 0 aliphatic heterocycles. The Hall–Kier alpha value is -0.470. The van der Waals surface area contributed by atoms with Gasteiger partial charge in [-0.15, -0.1) is 11.8 Å². The molecule has 1 rings (SSSR count). The van der Waals surface area contributed by atoms with E-state index in [0.29, 0.717) is 0 Å². The smallest absolute Gasteiger partial charge is 0.0578 e. The van der Waals surface area contributed by atoms with Crippen LogP contribution in [0.5, 0.6) is 0 Å². The lowest BCUT2D eigenvalue weighted by Gasteiger charge is -2.10. The van der Waals surface area contributed by atoms with Crippen LogP contribution in [0.3, 0.4) is 0 Å². The van der Waals surface area contributed by atoms with E-state index < -0.39 is 0 Å². The highest BCUT2D eigenvalue weighted by atomic mass is 32.2. The van der Waals surface area contributed by atoms with E-state index in [4.69, 9.17) is 0 Å². The first kappa shape index (κ1) is 10.6. The monoisotopic (exact) mass is 196 g/mol. The number of aliphatic hydroxyl groups excluding tert-OH is 1. The summed E-state index contributed by atoms with van der Waals surface area (Å²) in [5.41, 5.74) is 1.25. The van der Waals surface area contributed by atoms with E-state index in [-0.39, 0.29) is 6.10 Å². The summed E-state index contributed by atoms with van der Waals surface area (Å²) in [6.07, 6.45) is 3.46. The van der Waals surface area contributed by atoms with Gasteiger partial charge in [0.2, 0.25) is 0 Å². The van der Waals surface area contributed by atoms with Crippen LogP contribution in [-0.2, 0) is 6.42 Å². The van der Waals surface area contributed by atoms with E-state index in [0.717, 1.165) is 12.8 Å². The first-order valence-electron chi connectivity index (χ1n) is 4.58. The average molecular weight is 196 g/mol. The molecule has 0 aromatic heterocycles. The van der Waals surface area contributed by atoms with Gasteiger partial charge in [-0.05, 0) is 30.7 Å². The number of hydrogen-bond acceptors (Lipinski definition) is 2. The zero-order valence-electron chi connectivity index (χ0n) is 8.16. The van der Waals surface area contributed by atoms with Crippen molar-refractivity contribution in [2.24, 2.45) is 0 Å². The molecule has 72 valence electrons. The molecule has 1 nitrogen and oxygen atoms in total. The fourth-order valence-electron chi connectivity index (χ4n) is 1.27. The van der Waals surface area contributed by atoms with E-state index in [2.05, 4.69) is 18.4 Å². The molecule has 2 heteroatoms. The molecule has 0 fully saturated rings. The van der Waals surface area contributed by atoms with E-state index in [1.165, 1.54) is 10.5 Å². The van der Waals surface area contributed by atoms with E-state index in [1.54, 1.807) is 11.8 Å². The van der Waals surface area contributed by atoms with Gasteiger partial charge in [-0.1, -0.05) is 25.1 Å².